The minimum absolute atomic E-state index is 0.0994. The molecule has 0 amide bonds. The fourth-order valence-electron chi connectivity index (χ4n) is 6.63. The van der Waals surface area contributed by atoms with Crippen LogP contribution in [0.2, 0.25) is 0 Å². The second-order valence-corrected chi connectivity index (χ2v) is 13.1. The van der Waals surface area contributed by atoms with Crippen LogP contribution in [0.25, 0.3) is 11.3 Å². The minimum Gasteiger partial charge on any atom is -0.363 e. The fraction of sp³-hybridized carbons (Fsp3) is 0.576. The van der Waals surface area contributed by atoms with Crippen molar-refractivity contribution in [2.75, 3.05) is 56.1 Å². The van der Waals surface area contributed by atoms with E-state index in [0.717, 1.165) is 87.2 Å². The standard InChI is InChI=1S/C33H47N7/c1-24-13-14-26-11-9-17-38(33(3,4)5)20-19-36(6)32-23-30(37-15-10-16-37)34-31-22-28(35-40(31)32)29-12-7-8-18-39(29)25(2)27(26)21-24/h13-14,21-23,29H,2,7-12,15-20H2,1,3-6H3/t29-/m0/s1. The van der Waals surface area contributed by atoms with Gasteiger partial charge in [0.05, 0.1) is 11.7 Å². The van der Waals surface area contributed by atoms with Crippen molar-refractivity contribution in [3.05, 3.63) is 59.3 Å². The number of nitrogens with zero attached hydrogens (tertiary/aromatic N) is 7. The van der Waals surface area contributed by atoms with E-state index in [2.05, 4.69) is 89.2 Å². The highest BCUT2D eigenvalue weighted by molar-refractivity contribution is 5.67. The average molecular weight is 542 g/mol. The summed E-state index contributed by atoms with van der Waals surface area (Å²) < 4.78 is 2.10. The maximum Gasteiger partial charge on any atom is 0.160 e. The summed E-state index contributed by atoms with van der Waals surface area (Å²) in [4.78, 5) is 15.1. The first-order chi connectivity index (χ1) is 19.2. The maximum atomic E-state index is 5.28. The molecule has 0 unspecified atom stereocenters. The van der Waals surface area contributed by atoms with E-state index < -0.39 is 0 Å². The Morgan fingerprint density at radius 1 is 0.900 bits per heavy atom. The van der Waals surface area contributed by atoms with Gasteiger partial charge in [-0.25, -0.2) is 4.98 Å². The molecule has 3 aromatic rings. The zero-order chi connectivity index (χ0) is 28.0. The molecule has 3 aliphatic heterocycles. The molecular formula is C33H47N7. The van der Waals surface area contributed by atoms with Crippen molar-refractivity contribution < 1.29 is 0 Å². The lowest BCUT2D eigenvalue weighted by atomic mass is 9.93. The molecule has 7 nitrogen and oxygen atoms in total. The second-order valence-electron chi connectivity index (χ2n) is 13.1. The molecule has 0 aliphatic carbocycles. The number of hydrogen-bond donors (Lipinski definition) is 0. The number of aromatic nitrogens is 3. The molecular weight excluding hydrogens is 494 g/mol. The quantitative estimate of drug-likeness (QED) is 0.381. The third kappa shape index (κ3) is 5.20. The Kier molecular flexibility index (Phi) is 7.28. The van der Waals surface area contributed by atoms with E-state index in [-0.39, 0.29) is 11.6 Å². The van der Waals surface area contributed by atoms with Crippen LogP contribution < -0.4 is 9.80 Å². The molecule has 6 rings (SSSR count). The van der Waals surface area contributed by atoms with Gasteiger partial charge >= 0.3 is 0 Å². The molecule has 2 saturated heterocycles. The van der Waals surface area contributed by atoms with Gasteiger partial charge in [0.25, 0.3) is 0 Å². The largest absolute Gasteiger partial charge is 0.363 e. The number of likely N-dealkylation sites (N-methyl/N-ethyl adjacent to an activating group) is 1. The predicted molar refractivity (Wildman–Crippen MR) is 166 cm³/mol. The Hall–Kier alpha value is -3.06. The lowest BCUT2D eigenvalue weighted by molar-refractivity contribution is 0.139. The molecule has 2 fully saturated rings. The zero-order valence-electron chi connectivity index (χ0n) is 25.3. The van der Waals surface area contributed by atoms with E-state index in [1.807, 2.05) is 0 Å². The first kappa shape index (κ1) is 27.1. The third-order valence-electron chi connectivity index (χ3n) is 9.28. The van der Waals surface area contributed by atoms with Crippen LogP contribution in [0.5, 0.6) is 0 Å². The van der Waals surface area contributed by atoms with E-state index >= 15 is 0 Å². The Morgan fingerprint density at radius 3 is 2.48 bits per heavy atom. The van der Waals surface area contributed by atoms with E-state index in [1.54, 1.807) is 0 Å². The van der Waals surface area contributed by atoms with Crippen molar-refractivity contribution in [2.24, 2.45) is 0 Å². The first-order valence-corrected chi connectivity index (χ1v) is 15.4. The van der Waals surface area contributed by atoms with Crippen LogP contribution in [0.4, 0.5) is 11.6 Å². The van der Waals surface area contributed by atoms with Gasteiger partial charge < -0.3 is 14.7 Å². The molecule has 0 N–H and O–H groups in total. The summed E-state index contributed by atoms with van der Waals surface area (Å²) in [6, 6.07) is 11.7. The van der Waals surface area contributed by atoms with Gasteiger partial charge in [0.15, 0.2) is 5.65 Å². The van der Waals surface area contributed by atoms with Crippen molar-refractivity contribution >= 4 is 23.0 Å². The Bertz CT molecular complexity index is 1380. The van der Waals surface area contributed by atoms with Gasteiger partial charge in [-0.3, -0.25) is 4.90 Å². The van der Waals surface area contributed by atoms with E-state index in [9.17, 15) is 0 Å². The van der Waals surface area contributed by atoms with Gasteiger partial charge in [0.1, 0.15) is 11.6 Å². The van der Waals surface area contributed by atoms with Crippen LogP contribution in [0.15, 0.2) is 36.9 Å². The monoisotopic (exact) mass is 541 g/mol. The Morgan fingerprint density at radius 2 is 1.73 bits per heavy atom. The van der Waals surface area contributed by atoms with Crippen LogP contribution in [-0.4, -0.2) is 76.3 Å². The first-order valence-electron chi connectivity index (χ1n) is 15.4. The third-order valence-corrected chi connectivity index (χ3v) is 9.28. The van der Waals surface area contributed by atoms with Crippen molar-refractivity contribution in [2.45, 2.75) is 77.8 Å². The highest BCUT2D eigenvalue weighted by atomic mass is 15.4. The molecule has 7 heteroatoms. The van der Waals surface area contributed by atoms with E-state index in [0.29, 0.717) is 0 Å². The van der Waals surface area contributed by atoms with Gasteiger partial charge in [0.2, 0.25) is 0 Å². The van der Waals surface area contributed by atoms with Crippen molar-refractivity contribution in [1.82, 2.24) is 24.4 Å². The van der Waals surface area contributed by atoms with E-state index in [1.165, 1.54) is 36.0 Å². The predicted octanol–water partition coefficient (Wildman–Crippen LogP) is 5.93. The second kappa shape index (κ2) is 10.7. The number of anilines is 2. The van der Waals surface area contributed by atoms with Crippen molar-refractivity contribution in [1.29, 1.82) is 0 Å². The lowest BCUT2D eigenvalue weighted by Gasteiger charge is -2.39. The highest BCUT2D eigenvalue weighted by Gasteiger charge is 2.30. The Balaban J connectivity index is 1.47. The summed E-state index contributed by atoms with van der Waals surface area (Å²) in [5.74, 6) is 2.20. The number of fused-ring (bicyclic) bond motifs is 4. The van der Waals surface area contributed by atoms with Gasteiger partial charge in [-0.1, -0.05) is 24.3 Å². The fourth-order valence-corrected chi connectivity index (χ4v) is 6.63. The normalized spacial score (nSPS) is 21.5. The zero-order valence-corrected chi connectivity index (χ0v) is 25.3. The SMILES string of the molecule is C=C1c2cc(C)ccc2CCCN(C(C)(C)C)CCN(C)c2cc(N3CCC3)nc3cc(nn23)[C@@H]2CCCCN12. The van der Waals surface area contributed by atoms with Crippen LogP contribution >= 0.6 is 0 Å². The molecule has 1 atom stereocenters. The molecule has 0 radical (unpaired) electrons. The maximum absolute atomic E-state index is 5.28. The molecule has 214 valence electrons. The number of benzene rings is 1. The number of aryl methyl sites for hydroxylation is 2. The summed E-state index contributed by atoms with van der Waals surface area (Å²) in [7, 11) is 2.22. The molecule has 3 aliphatic rings. The van der Waals surface area contributed by atoms with Gasteiger partial charge in [-0.05, 0) is 84.4 Å². The summed E-state index contributed by atoms with van der Waals surface area (Å²) in [5.41, 5.74) is 7.32. The molecule has 2 bridgehead atoms. The highest BCUT2D eigenvalue weighted by Crippen LogP contribution is 2.38. The van der Waals surface area contributed by atoms with Gasteiger partial charge in [0, 0.05) is 68.7 Å². The van der Waals surface area contributed by atoms with Crippen LogP contribution in [0.3, 0.4) is 0 Å². The smallest absolute Gasteiger partial charge is 0.160 e. The minimum atomic E-state index is 0.0994. The summed E-state index contributed by atoms with van der Waals surface area (Å²) in [6.07, 6.45) is 6.93. The average Bonchev–Trinajstić information content (AvgIpc) is 3.32. The topological polar surface area (TPSA) is 43.1 Å². The van der Waals surface area contributed by atoms with Crippen LogP contribution in [0.1, 0.15) is 81.3 Å². The lowest BCUT2D eigenvalue weighted by Crippen LogP contribution is -2.46. The molecule has 0 saturated carbocycles. The number of hydrogen-bond acceptors (Lipinski definition) is 6. The molecule has 1 aromatic carbocycles. The van der Waals surface area contributed by atoms with Crippen molar-refractivity contribution in [3.8, 4) is 0 Å². The number of piperidine rings is 1. The molecule has 40 heavy (non-hydrogen) atoms. The van der Waals surface area contributed by atoms with Crippen molar-refractivity contribution in [3.63, 3.8) is 0 Å². The van der Waals surface area contributed by atoms with Gasteiger partial charge in [-0.2, -0.15) is 9.61 Å². The van der Waals surface area contributed by atoms with E-state index in [4.69, 9.17) is 16.7 Å². The summed E-state index contributed by atoms with van der Waals surface area (Å²) in [5, 5.41) is 5.28. The summed E-state index contributed by atoms with van der Waals surface area (Å²) in [6.45, 7) is 20.1. The summed E-state index contributed by atoms with van der Waals surface area (Å²) >= 11 is 0. The number of rotatable bonds is 1. The molecule has 5 heterocycles. The van der Waals surface area contributed by atoms with Crippen LogP contribution in [-0.2, 0) is 6.42 Å². The van der Waals surface area contributed by atoms with Crippen LogP contribution in [0, 0.1) is 6.92 Å². The van der Waals surface area contributed by atoms with Gasteiger partial charge in [-0.15, -0.1) is 0 Å². The molecule has 0 spiro atoms. The molecule has 2 aromatic heterocycles. The Labute approximate surface area is 240 Å².